The van der Waals surface area contributed by atoms with E-state index in [1.807, 2.05) is 47.0 Å². The summed E-state index contributed by atoms with van der Waals surface area (Å²) in [6.45, 7) is 1.87. The van der Waals surface area contributed by atoms with E-state index in [2.05, 4.69) is 16.4 Å². The molecule has 1 N–H and O–H groups in total. The third-order valence-corrected chi connectivity index (χ3v) is 4.69. The van der Waals surface area contributed by atoms with Crippen molar-refractivity contribution in [3.05, 3.63) is 60.4 Å². The highest BCUT2D eigenvalue weighted by Gasteiger charge is 2.24. The van der Waals surface area contributed by atoms with Gasteiger partial charge in [0, 0.05) is 23.9 Å². The number of fused-ring (bicyclic) bond motifs is 1. The monoisotopic (exact) mass is 365 g/mol. The van der Waals surface area contributed by atoms with Crippen molar-refractivity contribution in [3.8, 4) is 5.75 Å². The van der Waals surface area contributed by atoms with Crippen LogP contribution in [-0.2, 0) is 16.1 Å². The summed E-state index contributed by atoms with van der Waals surface area (Å²) in [7, 11) is 0. The molecule has 1 atom stereocenters. The van der Waals surface area contributed by atoms with Gasteiger partial charge in [-0.3, -0.25) is 4.79 Å². The Balaban J connectivity index is 1.40. The molecule has 0 unspecified atom stereocenters. The molecule has 1 aromatic carbocycles. The SMILES string of the molecule is O=C(Cn1c([C@H]2CCCO2)cc2cccnc21)NCCOc1ccccc1. The van der Waals surface area contributed by atoms with Crippen LogP contribution in [-0.4, -0.2) is 35.2 Å². The molecule has 0 aliphatic carbocycles. The van der Waals surface area contributed by atoms with Crippen molar-refractivity contribution in [1.82, 2.24) is 14.9 Å². The molecule has 6 heteroatoms. The van der Waals surface area contributed by atoms with Gasteiger partial charge in [-0.25, -0.2) is 4.98 Å². The van der Waals surface area contributed by atoms with Crippen molar-refractivity contribution in [2.75, 3.05) is 19.8 Å². The van der Waals surface area contributed by atoms with Crippen molar-refractivity contribution in [1.29, 1.82) is 0 Å². The summed E-state index contributed by atoms with van der Waals surface area (Å²) >= 11 is 0. The third-order valence-electron chi connectivity index (χ3n) is 4.69. The summed E-state index contributed by atoms with van der Waals surface area (Å²) < 4.78 is 13.4. The van der Waals surface area contributed by atoms with E-state index >= 15 is 0 Å². The Morgan fingerprint density at radius 2 is 2.15 bits per heavy atom. The normalized spacial score (nSPS) is 16.5. The van der Waals surface area contributed by atoms with Crippen LogP contribution < -0.4 is 10.1 Å². The Hall–Kier alpha value is -2.86. The number of para-hydroxylation sites is 1. The minimum absolute atomic E-state index is 0.0356. The number of carbonyl (C=O) groups is 1. The van der Waals surface area contributed by atoms with Crippen LogP contribution in [0.15, 0.2) is 54.7 Å². The molecule has 140 valence electrons. The van der Waals surface area contributed by atoms with Crippen LogP contribution in [0, 0.1) is 0 Å². The van der Waals surface area contributed by atoms with E-state index in [0.717, 1.165) is 41.9 Å². The van der Waals surface area contributed by atoms with Gasteiger partial charge in [-0.05, 0) is 43.2 Å². The fraction of sp³-hybridized carbons (Fsp3) is 0.333. The summed E-state index contributed by atoms with van der Waals surface area (Å²) in [5, 5.41) is 3.95. The molecule has 1 saturated heterocycles. The van der Waals surface area contributed by atoms with Crippen LogP contribution in [0.2, 0.25) is 0 Å². The molecule has 1 fully saturated rings. The van der Waals surface area contributed by atoms with E-state index in [0.29, 0.717) is 13.2 Å². The number of ether oxygens (including phenoxy) is 2. The highest BCUT2D eigenvalue weighted by molar-refractivity contribution is 5.82. The van der Waals surface area contributed by atoms with Gasteiger partial charge in [0.15, 0.2) is 0 Å². The van der Waals surface area contributed by atoms with E-state index in [9.17, 15) is 4.79 Å². The Kier molecular flexibility index (Phi) is 5.34. The minimum atomic E-state index is -0.0611. The third kappa shape index (κ3) is 4.11. The van der Waals surface area contributed by atoms with Crippen LogP contribution in [0.25, 0.3) is 11.0 Å². The van der Waals surface area contributed by atoms with Crippen LogP contribution in [0.1, 0.15) is 24.6 Å². The Morgan fingerprint density at radius 1 is 1.26 bits per heavy atom. The van der Waals surface area contributed by atoms with Gasteiger partial charge in [0.2, 0.25) is 5.91 Å². The lowest BCUT2D eigenvalue weighted by Gasteiger charge is -2.15. The van der Waals surface area contributed by atoms with Gasteiger partial charge < -0.3 is 19.4 Å². The predicted molar refractivity (Wildman–Crippen MR) is 103 cm³/mol. The molecule has 2 aromatic heterocycles. The lowest BCUT2D eigenvalue weighted by atomic mass is 10.2. The largest absolute Gasteiger partial charge is 0.492 e. The fourth-order valence-corrected chi connectivity index (χ4v) is 3.43. The second-order valence-corrected chi connectivity index (χ2v) is 6.58. The highest BCUT2D eigenvalue weighted by atomic mass is 16.5. The lowest BCUT2D eigenvalue weighted by Crippen LogP contribution is -2.31. The van der Waals surface area contributed by atoms with Crippen molar-refractivity contribution in [2.24, 2.45) is 0 Å². The Morgan fingerprint density at radius 3 is 2.96 bits per heavy atom. The maximum absolute atomic E-state index is 12.5. The molecule has 0 spiro atoms. The first-order chi connectivity index (χ1) is 13.3. The number of hydrogen-bond donors (Lipinski definition) is 1. The van der Waals surface area contributed by atoms with Crippen molar-refractivity contribution < 1.29 is 14.3 Å². The zero-order valence-electron chi connectivity index (χ0n) is 15.1. The molecular formula is C21H23N3O3. The number of carbonyl (C=O) groups excluding carboxylic acids is 1. The molecule has 3 aromatic rings. The molecular weight excluding hydrogens is 342 g/mol. The molecule has 1 amide bonds. The summed E-state index contributed by atoms with van der Waals surface area (Å²) in [5.41, 5.74) is 1.84. The highest BCUT2D eigenvalue weighted by Crippen LogP contribution is 2.32. The van der Waals surface area contributed by atoms with Crippen LogP contribution in [0.4, 0.5) is 0 Å². The molecule has 0 bridgehead atoms. The molecule has 0 radical (unpaired) electrons. The van der Waals surface area contributed by atoms with Crippen molar-refractivity contribution >= 4 is 16.9 Å². The van der Waals surface area contributed by atoms with Gasteiger partial charge in [0.1, 0.15) is 24.5 Å². The smallest absolute Gasteiger partial charge is 0.240 e. The van der Waals surface area contributed by atoms with Gasteiger partial charge in [-0.1, -0.05) is 18.2 Å². The second-order valence-electron chi connectivity index (χ2n) is 6.58. The summed E-state index contributed by atoms with van der Waals surface area (Å²) in [6.07, 6.45) is 3.81. The topological polar surface area (TPSA) is 65.4 Å². The lowest BCUT2D eigenvalue weighted by molar-refractivity contribution is -0.121. The second kappa shape index (κ2) is 8.22. The van der Waals surface area contributed by atoms with Gasteiger partial charge in [0.05, 0.1) is 12.6 Å². The first kappa shape index (κ1) is 17.5. The molecule has 27 heavy (non-hydrogen) atoms. The number of pyridine rings is 1. The van der Waals surface area contributed by atoms with E-state index < -0.39 is 0 Å². The molecule has 0 saturated carbocycles. The van der Waals surface area contributed by atoms with Crippen LogP contribution >= 0.6 is 0 Å². The average molecular weight is 365 g/mol. The number of hydrogen-bond acceptors (Lipinski definition) is 4. The summed E-state index contributed by atoms with van der Waals surface area (Å²) in [4.78, 5) is 16.9. The maximum atomic E-state index is 12.5. The van der Waals surface area contributed by atoms with Crippen molar-refractivity contribution in [3.63, 3.8) is 0 Å². The maximum Gasteiger partial charge on any atom is 0.240 e. The Bertz CT molecular complexity index is 901. The van der Waals surface area contributed by atoms with E-state index in [-0.39, 0.29) is 18.6 Å². The predicted octanol–water partition coefficient (Wildman–Crippen LogP) is 3.08. The molecule has 3 heterocycles. The van der Waals surface area contributed by atoms with Gasteiger partial charge in [-0.2, -0.15) is 0 Å². The first-order valence-electron chi connectivity index (χ1n) is 9.31. The number of aromatic nitrogens is 2. The van der Waals surface area contributed by atoms with Gasteiger partial charge in [-0.15, -0.1) is 0 Å². The van der Waals surface area contributed by atoms with Crippen LogP contribution in [0.3, 0.4) is 0 Å². The van der Waals surface area contributed by atoms with E-state index in [1.54, 1.807) is 6.20 Å². The molecule has 1 aliphatic heterocycles. The minimum Gasteiger partial charge on any atom is -0.492 e. The number of rotatable bonds is 7. The molecule has 1 aliphatic rings. The first-order valence-corrected chi connectivity index (χ1v) is 9.31. The number of benzene rings is 1. The summed E-state index contributed by atoms with van der Waals surface area (Å²) in [5.74, 6) is 0.738. The Labute approximate surface area is 158 Å². The van der Waals surface area contributed by atoms with E-state index in [1.165, 1.54) is 0 Å². The van der Waals surface area contributed by atoms with Crippen LogP contribution in [0.5, 0.6) is 5.75 Å². The fourth-order valence-electron chi connectivity index (χ4n) is 3.43. The zero-order chi connectivity index (χ0) is 18.5. The number of nitrogens with one attached hydrogen (secondary N) is 1. The molecule has 4 rings (SSSR count). The van der Waals surface area contributed by atoms with E-state index in [4.69, 9.17) is 9.47 Å². The zero-order valence-corrected chi connectivity index (χ0v) is 15.1. The van der Waals surface area contributed by atoms with Gasteiger partial charge >= 0.3 is 0 Å². The quantitative estimate of drug-likeness (QED) is 0.654. The summed E-state index contributed by atoms with van der Waals surface area (Å²) in [6, 6.07) is 15.6. The average Bonchev–Trinajstić information content (AvgIpc) is 3.34. The molecule has 6 nitrogen and oxygen atoms in total. The number of amides is 1. The number of nitrogens with zero attached hydrogens (tertiary/aromatic N) is 2. The van der Waals surface area contributed by atoms with Gasteiger partial charge in [0.25, 0.3) is 0 Å². The van der Waals surface area contributed by atoms with Crippen molar-refractivity contribution in [2.45, 2.75) is 25.5 Å². The standard InChI is InChI=1S/C21H23N3O3/c25-20(22-11-13-26-17-7-2-1-3-8-17)15-24-18(19-9-5-12-27-19)14-16-6-4-10-23-21(16)24/h1-4,6-8,10,14,19H,5,9,11-13,15H2,(H,22,25)/t19-/m1/s1.